The largest absolute Gasteiger partial charge is 0.493 e. The number of methoxy groups -OCH3 is 2. The van der Waals surface area contributed by atoms with Crippen LogP contribution in [-0.2, 0) is 6.54 Å². The Hall–Kier alpha value is -0.530. The first kappa shape index (κ1) is 16.5. The van der Waals surface area contributed by atoms with Gasteiger partial charge in [0.25, 0.3) is 0 Å². The van der Waals surface area contributed by atoms with Crippen LogP contribution in [0.4, 0.5) is 0 Å². The Morgan fingerprint density at radius 2 is 2.00 bits per heavy atom. The molecule has 1 N–H and O–H groups in total. The summed E-state index contributed by atoms with van der Waals surface area (Å²) >= 11 is 2.27. The topological polar surface area (TPSA) is 33.7 Å². The Balaban J connectivity index is 2.57. The average molecular weight is 378 g/mol. The molecule has 0 saturated heterocycles. The van der Waals surface area contributed by atoms with E-state index in [1.807, 2.05) is 6.07 Å². The highest BCUT2D eigenvalue weighted by Crippen LogP contribution is 2.33. The fourth-order valence-electron chi connectivity index (χ4n) is 1.73. The van der Waals surface area contributed by atoms with Crippen LogP contribution in [0, 0.1) is 3.57 Å². The molecule has 0 spiro atoms. The van der Waals surface area contributed by atoms with Crippen molar-refractivity contribution < 1.29 is 9.47 Å². The number of nitrogens with zero attached hydrogens (tertiary/aromatic N) is 1. The van der Waals surface area contributed by atoms with Crippen LogP contribution in [-0.4, -0.2) is 45.8 Å². The number of nitrogens with one attached hydrogen (secondary N) is 1. The monoisotopic (exact) mass is 378 g/mol. The predicted octanol–water partition coefficient (Wildman–Crippen LogP) is 2.35. The molecule has 1 rings (SSSR count). The summed E-state index contributed by atoms with van der Waals surface area (Å²) in [7, 11) is 5.46. The maximum absolute atomic E-state index is 5.35. The van der Waals surface area contributed by atoms with Crippen molar-refractivity contribution in [2.45, 2.75) is 13.5 Å². The third-order valence-corrected chi connectivity index (χ3v) is 3.83. The van der Waals surface area contributed by atoms with Crippen molar-refractivity contribution in [2.24, 2.45) is 0 Å². The highest BCUT2D eigenvalue weighted by molar-refractivity contribution is 14.1. The fourth-order valence-corrected chi connectivity index (χ4v) is 2.62. The van der Waals surface area contributed by atoms with Gasteiger partial charge in [-0.2, -0.15) is 0 Å². The number of hydrogen-bond acceptors (Lipinski definition) is 4. The lowest BCUT2D eigenvalue weighted by Gasteiger charge is -2.15. The molecule has 0 aromatic heterocycles. The predicted molar refractivity (Wildman–Crippen MR) is 87.1 cm³/mol. The first-order chi connectivity index (χ1) is 9.12. The molecule has 0 saturated carbocycles. The first-order valence-corrected chi connectivity index (χ1v) is 7.49. The van der Waals surface area contributed by atoms with Crippen molar-refractivity contribution in [3.05, 3.63) is 21.3 Å². The van der Waals surface area contributed by atoms with E-state index in [9.17, 15) is 0 Å². The summed E-state index contributed by atoms with van der Waals surface area (Å²) in [5, 5.41) is 3.44. The van der Waals surface area contributed by atoms with E-state index in [0.717, 1.165) is 41.2 Å². The molecular formula is C14H23IN2O2. The maximum atomic E-state index is 5.35. The molecule has 0 aliphatic rings. The van der Waals surface area contributed by atoms with E-state index in [2.05, 4.69) is 52.8 Å². The molecule has 0 aliphatic carbocycles. The second kappa shape index (κ2) is 8.60. The molecule has 108 valence electrons. The minimum atomic E-state index is 0.789. The molecule has 0 radical (unpaired) electrons. The van der Waals surface area contributed by atoms with E-state index in [0.29, 0.717) is 0 Å². The van der Waals surface area contributed by atoms with Crippen molar-refractivity contribution in [1.82, 2.24) is 10.2 Å². The van der Waals surface area contributed by atoms with Crippen LogP contribution in [0.1, 0.15) is 12.5 Å². The smallest absolute Gasteiger partial charge is 0.174 e. The zero-order chi connectivity index (χ0) is 14.3. The van der Waals surface area contributed by atoms with Crippen molar-refractivity contribution in [1.29, 1.82) is 0 Å². The first-order valence-electron chi connectivity index (χ1n) is 6.42. The minimum absolute atomic E-state index is 0.789. The molecule has 0 aliphatic heterocycles. The van der Waals surface area contributed by atoms with Crippen LogP contribution in [0.15, 0.2) is 12.1 Å². The summed E-state index contributed by atoms with van der Waals surface area (Å²) in [6.07, 6.45) is 0. The van der Waals surface area contributed by atoms with Crippen LogP contribution in [0.3, 0.4) is 0 Å². The summed E-state index contributed by atoms with van der Waals surface area (Å²) in [6, 6.07) is 4.15. The highest BCUT2D eigenvalue weighted by Gasteiger charge is 2.10. The Morgan fingerprint density at radius 3 is 2.58 bits per heavy atom. The average Bonchev–Trinajstić information content (AvgIpc) is 2.42. The molecular weight excluding hydrogens is 355 g/mol. The van der Waals surface area contributed by atoms with Crippen molar-refractivity contribution >= 4 is 22.6 Å². The Bertz CT molecular complexity index is 399. The molecule has 19 heavy (non-hydrogen) atoms. The van der Waals surface area contributed by atoms with Gasteiger partial charge in [0.15, 0.2) is 11.5 Å². The molecule has 0 fully saturated rings. The van der Waals surface area contributed by atoms with Crippen LogP contribution in [0.2, 0.25) is 0 Å². The number of benzene rings is 1. The van der Waals surface area contributed by atoms with E-state index in [1.54, 1.807) is 14.2 Å². The van der Waals surface area contributed by atoms with E-state index >= 15 is 0 Å². The van der Waals surface area contributed by atoms with Crippen LogP contribution in [0.5, 0.6) is 11.5 Å². The van der Waals surface area contributed by atoms with Gasteiger partial charge in [-0.25, -0.2) is 0 Å². The molecule has 0 atom stereocenters. The summed E-state index contributed by atoms with van der Waals surface area (Å²) < 4.78 is 11.8. The number of halogens is 1. The normalized spacial score (nSPS) is 10.8. The zero-order valence-electron chi connectivity index (χ0n) is 12.1. The van der Waals surface area contributed by atoms with E-state index in [4.69, 9.17) is 9.47 Å². The summed E-state index contributed by atoms with van der Waals surface area (Å²) in [5.41, 5.74) is 1.21. The zero-order valence-corrected chi connectivity index (χ0v) is 14.3. The van der Waals surface area contributed by atoms with Gasteiger partial charge in [-0.3, -0.25) is 0 Å². The van der Waals surface area contributed by atoms with Gasteiger partial charge in [-0.05, 0) is 53.9 Å². The fraction of sp³-hybridized carbons (Fsp3) is 0.571. The van der Waals surface area contributed by atoms with Gasteiger partial charge in [0.2, 0.25) is 0 Å². The summed E-state index contributed by atoms with van der Waals surface area (Å²) in [6.45, 7) is 6.12. The van der Waals surface area contributed by atoms with E-state index in [-0.39, 0.29) is 0 Å². The molecule has 1 aromatic carbocycles. The second-order valence-corrected chi connectivity index (χ2v) is 5.55. The van der Waals surface area contributed by atoms with Crippen LogP contribution >= 0.6 is 22.6 Å². The van der Waals surface area contributed by atoms with E-state index in [1.165, 1.54) is 5.56 Å². The molecule has 4 nitrogen and oxygen atoms in total. The molecule has 0 unspecified atom stereocenters. The van der Waals surface area contributed by atoms with Gasteiger partial charge in [0, 0.05) is 19.6 Å². The molecule has 1 aromatic rings. The van der Waals surface area contributed by atoms with Crippen LogP contribution in [0.25, 0.3) is 0 Å². The third-order valence-electron chi connectivity index (χ3n) is 3.03. The van der Waals surface area contributed by atoms with Gasteiger partial charge in [0.05, 0.1) is 17.8 Å². The lowest BCUT2D eigenvalue weighted by atomic mass is 10.2. The number of likely N-dealkylation sites (N-methyl/N-ethyl adjacent to an activating group) is 1. The molecule has 0 amide bonds. The molecule has 0 bridgehead atoms. The summed E-state index contributed by atoms with van der Waals surface area (Å²) in [5.74, 6) is 1.59. The van der Waals surface area contributed by atoms with Gasteiger partial charge in [-0.1, -0.05) is 6.92 Å². The lowest BCUT2D eigenvalue weighted by Crippen LogP contribution is -2.28. The van der Waals surface area contributed by atoms with Gasteiger partial charge < -0.3 is 19.7 Å². The van der Waals surface area contributed by atoms with Crippen molar-refractivity contribution in [2.75, 3.05) is 40.9 Å². The number of hydrogen-bond donors (Lipinski definition) is 1. The van der Waals surface area contributed by atoms with Crippen molar-refractivity contribution in [3.63, 3.8) is 0 Å². The summed E-state index contributed by atoms with van der Waals surface area (Å²) in [4.78, 5) is 2.28. The van der Waals surface area contributed by atoms with Gasteiger partial charge >= 0.3 is 0 Å². The van der Waals surface area contributed by atoms with Gasteiger partial charge in [-0.15, -0.1) is 0 Å². The SMILES string of the molecule is CCN(C)CCNCc1cc(I)c(OC)c(OC)c1. The molecule has 5 heteroatoms. The standard InChI is InChI=1S/C14H23IN2O2/c1-5-17(2)7-6-16-10-11-8-12(15)14(19-4)13(9-11)18-3/h8-9,16H,5-7,10H2,1-4H3. The molecule has 0 heterocycles. The highest BCUT2D eigenvalue weighted by atomic mass is 127. The quantitative estimate of drug-likeness (QED) is 0.556. The van der Waals surface area contributed by atoms with Crippen LogP contribution < -0.4 is 14.8 Å². The lowest BCUT2D eigenvalue weighted by molar-refractivity contribution is 0.347. The number of ether oxygens (including phenoxy) is 2. The maximum Gasteiger partial charge on any atom is 0.174 e. The second-order valence-electron chi connectivity index (χ2n) is 4.39. The Labute approximate surface area is 129 Å². The van der Waals surface area contributed by atoms with Gasteiger partial charge in [0.1, 0.15) is 0 Å². The third kappa shape index (κ3) is 5.16. The Kier molecular flexibility index (Phi) is 7.48. The van der Waals surface area contributed by atoms with Crippen molar-refractivity contribution in [3.8, 4) is 11.5 Å². The van der Waals surface area contributed by atoms with E-state index < -0.39 is 0 Å². The minimum Gasteiger partial charge on any atom is -0.493 e. The number of rotatable bonds is 8. The Morgan fingerprint density at radius 1 is 1.26 bits per heavy atom.